The SMILES string of the molecule is CCCCCCCCCCCC(=O)OCC(CSCC(NC(=O)OCC1c2ccccc2-c2ccccc21)C(=O)NC1(COCCCP(=O)(O)OC(C)CC)CC1)OC(=O)CCCCCCCCCCC. The van der Waals surface area contributed by atoms with Gasteiger partial charge in [0.25, 0.3) is 0 Å². The van der Waals surface area contributed by atoms with Crippen LogP contribution in [0.3, 0.4) is 0 Å². The van der Waals surface area contributed by atoms with Crippen LogP contribution in [0.1, 0.15) is 199 Å². The Bertz CT molecular complexity index is 1870. The maximum atomic E-state index is 14.1. The van der Waals surface area contributed by atoms with Gasteiger partial charge in [-0.1, -0.05) is 172 Å². The number of esters is 2. The molecule has 2 aromatic carbocycles. The number of benzene rings is 2. The van der Waals surface area contributed by atoms with E-state index < -0.39 is 37.3 Å². The second-order valence-electron chi connectivity index (χ2n) is 19.9. The highest BCUT2D eigenvalue weighted by Gasteiger charge is 2.45. The van der Waals surface area contributed by atoms with Crippen molar-refractivity contribution >= 4 is 43.3 Å². The van der Waals surface area contributed by atoms with Gasteiger partial charge in [-0.25, -0.2) is 4.79 Å². The molecule has 1 saturated carbocycles. The molecule has 0 aromatic heterocycles. The minimum atomic E-state index is -3.74. The summed E-state index contributed by atoms with van der Waals surface area (Å²) in [5, 5.41) is 5.94. The van der Waals surface area contributed by atoms with Crippen molar-refractivity contribution in [1.82, 2.24) is 10.6 Å². The third-order valence-electron chi connectivity index (χ3n) is 13.5. The zero-order valence-corrected chi connectivity index (χ0v) is 45.4. The Labute approximate surface area is 430 Å². The number of amides is 2. The molecule has 13 nitrogen and oxygen atoms in total. The maximum Gasteiger partial charge on any atom is 0.407 e. The number of ether oxygens (including phenoxy) is 4. The van der Waals surface area contributed by atoms with E-state index >= 15 is 0 Å². The van der Waals surface area contributed by atoms with E-state index in [1.807, 2.05) is 43.3 Å². The number of rotatable bonds is 41. The summed E-state index contributed by atoms with van der Waals surface area (Å²) in [6, 6.07) is 15.1. The molecule has 0 radical (unpaired) electrons. The van der Waals surface area contributed by atoms with Crippen molar-refractivity contribution < 1.29 is 52.1 Å². The first-order valence-corrected chi connectivity index (χ1v) is 30.2. The van der Waals surface area contributed by atoms with Gasteiger partial charge in [-0.3, -0.25) is 18.9 Å². The lowest BCUT2D eigenvalue weighted by molar-refractivity contribution is -0.157. The highest BCUT2D eigenvalue weighted by Crippen LogP contribution is 2.45. The van der Waals surface area contributed by atoms with Gasteiger partial charge in [0.2, 0.25) is 5.91 Å². The highest BCUT2D eigenvalue weighted by atomic mass is 32.2. The third-order valence-corrected chi connectivity index (χ3v) is 16.3. The van der Waals surface area contributed by atoms with Crippen molar-refractivity contribution in [1.29, 1.82) is 0 Å². The van der Waals surface area contributed by atoms with Crippen LogP contribution in [0.2, 0.25) is 0 Å². The van der Waals surface area contributed by atoms with E-state index in [4.69, 9.17) is 23.5 Å². The van der Waals surface area contributed by atoms with Crippen molar-refractivity contribution in [3.63, 3.8) is 0 Å². The van der Waals surface area contributed by atoms with E-state index in [2.05, 4.69) is 36.6 Å². The molecule has 1 fully saturated rings. The van der Waals surface area contributed by atoms with E-state index in [0.717, 1.165) is 67.2 Å². The molecule has 71 heavy (non-hydrogen) atoms. The predicted molar refractivity (Wildman–Crippen MR) is 285 cm³/mol. The lowest BCUT2D eigenvalue weighted by atomic mass is 9.98. The van der Waals surface area contributed by atoms with Crippen LogP contribution in [-0.4, -0.2) is 96.7 Å². The summed E-state index contributed by atoms with van der Waals surface area (Å²) in [6.45, 7) is 8.48. The second kappa shape index (κ2) is 34.1. The molecule has 2 aliphatic carbocycles. The van der Waals surface area contributed by atoms with Crippen molar-refractivity contribution in [3.05, 3.63) is 59.7 Å². The van der Waals surface area contributed by atoms with E-state index in [1.54, 1.807) is 6.92 Å². The summed E-state index contributed by atoms with van der Waals surface area (Å²) in [5.41, 5.74) is 3.70. The van der Waals surface area contributed by atoms with Crippen LogP contribution in [0.25, 0.3) is 11.1 Å². The van der Waals surface area contributed by atoms with Crippen LogP contribution < -0.4 is 10.6 Å². The third kappa shape index (κ3) is 24.0. The van der Waals surface area contributed by atoms with Crippen LogP contribution in [0.15, 0.2) is 48.5 Å². The summed E-state index contributed by atoms with van der Waals surface area (Å²) in [5.74, 6) is -0.909. The van der Waals surface area contributed by atoms with Crippen molar-refractivity contribution in [2.45, 2.75) is 212 Å². The Morgan fingerprint density at radius 2 is 1.25 bits per heavy atom. The average molecular weight is 1030 g/mol. The van der Waals surface area contributed by atoms with E-state index in [-0.39, 0.29) is 74.5 Å². The average Bonchev–Trinajstić information content (AvgIpc) is 4.04. The number of carbonyl (C=O) groups excluding carboxylic acids is 4. The molecule has 4 atom stereocenters. The molecule has 3 N–H and O–H groups in total. The minimum absolute atomic E-state index is 0.0336. The molecule has 2 amide bonds. The molecule has 400 valence electrons. The Morgan fingerprint density at radius 3 is 1.80 bits per heavy atom. The summed E-state index contributed by atoms with van der Waals surface area (Å²) < 4.78 is 41.2. The normalized spacial score (nSPS) is 15.7. The first-order chi connectivity index (χ1) is 34.4. The van der Waals surface area contributed by atoms with Crippen LogP contribution in [0.5, 0.6) is 0 Å². The van der Waals surface area contributed by atoms with Crippen LogP contribution in [-0.2, 0) is 42.4 Å². The molecule has 0 heterocycles. The van der Waals surface area contributed by atoms with Crippen LogP contribution in [0, 0.1) is 0 Å². The molecule has 15 heteroatoms. The van der Waals surface area contributed by atoms with Gasteiger partial charge in [-0.05, 0) is 67.7 Å². The molecule has 0 spiro atoms. The smallest absolute Gasteiger partial charge is 0.407 e. The van der Waals surface area contributed by atoms with Gasteiger partial charge >= 0.3 is 25.6 Å². The van der Waals surface area contributed by atoms with Crippen molar-refractivity contribution in [3.8, 4) is 11.1 Å². The predicted octanol–water partition coefficient (Wildman–Crippen LogP) is 13.0. The fourth-order valence-corrected chi connectivity index (χ4v) is 11.3. The fourth-order valence-electron chi connectivity index (χ4n) is 8.91. The quantitative estimate of drug-likeness (QED) is 0.0249. The topological polar surface area (TPSA) is 176 Å². The number of fused-ring (bicyclic) bond motifs is 3. The Balaban J connectivity index is 1.35. The summed E-state index contributed by atoms with van der Waals surface area (Å²) in [6.07, 6.45) is 21.4. The molecule has 4 unspecified atom stereocenters. The van der Waals surface area contributed by atoms with Gasteiger partial charge < -0.3 is 39.0 Å². The van der Waals surface area contributed by atoms with E-state index in [0.29, 0.717) is 32.1 Å². The van der Waals surface area contributed by atoms with Crippen LogP contribution >= 0.6 is 19.4 Å². The lowest BCUT2D eigenvalue weighted by Gasteiger charge is -2.24. The number of carbonyl (C=O) groups is 4. The highest BCUT2D eigenvalue weighted by molar-refractivity contribution is 7.99. The minimum Gasteiger partial charge on any atom is -0.462 e. The molecule has 4 rings (SSSR count). The fraction of sp³-hybridized carbons (Fsp3) is 0.714. The van der Waals surface area contributed by atoms with Crippen molar-refractivity contribution in [2.75, 3.05) is 44.1 Å². The molecule has 0 aliphatic heterocycles. The second-order valence-corrected chi connectivity index (χ2v) is 22.9. The maximum absolute atomic E-state index is 14.1. The zero-order chi connectivity index (χ0) is 51.2. The summed E-state index contributed by atoms with van der Waals surface area (Å²) in [7, 11) is -3.74. The number of alkyl carbamates (subject to hydrolysis) is 1. The van der Waals surface area contributed by atoms with Gasteiger partial charge in [0, 0.05) is 36.9 Å². The number of hydrogen-bond donors (Lipinski definition) is 3. The van der Waals surface area contributed by atoms with E-state index in [9.17, 15) is 28.6 Å². The number of hydrogen-bond acceptors (Lipinski definition) is 11. The molecule has 0 saturated heterocycles. The Morgan fingerprint density at radius 1 is 0.718 bits per heavy atom. The molecular formula is C56H89N2O11PS. The molecule has 2 aromatic rings. The van der Waals surface area contributed by atoms with Crippen molar-refractivity contribution in [2.24, 2.45) is 0 Å². The van der Waals surface area contributed by atoms with Gasteiger partial charge in [0.1, 0.15) is 25.4 Å². The molecule has 0 bridgehead atoms. The molecule has 2 aliphatic rings. The summed E-state index contributed by atoms with van der Waals surface area (Å²) >= 11 is 1.32. The Kier molecular flexibility index (Phi) is 28.9. The van der Waals surface area contributed by atoms with Gasteiger partial charge in [-0.15, -0.1) is 0 Å². The summed E-state index contributed by atoms with van der Waals surface area (Å²) in [4.78, 5) is 64.1. The van der Waals surface area contributed by atoms with Gasteiger partial charge in [-0.2, -0.15) is 11.8 Å². The number of thioether (sulfide) groups is 1. The standard InChI is InChI=1S/C56H89N2O11PS/c1-5-8-10-12-14-16-18-20-22-33-52(59)66-39-45(68-53(60)34-23-21-19-17-15-13-11-9-6-2)41-71-42-51(54(61)58-56(35-36-56)43-65-37-28-38-70(63,64)69-44(4)7-3)57-55(62)67-40-50-48-31-26-24-29-46(48)47-30-25-27-32-49(47)50/h24-27,29-32,44-45,50-51H,5-23,28,33-43H2,1-4H3,(H,57,62)(H,58,61)(H,63,64). The van der Waals surface area contributed by atoms with Gasteiger partial charge in [0.05, 0.1) is 24.4 Å². The number of unbranched alkanes of at least 4 members (excludes halogenated alkanes) is 16. The first kappa shape index (κ1) is 60.1. The Hall–Kier alpha value is -3.42. The first-order valence-electron chi connectivity index (χ1n) is 27.3. The zero-order valence-electron chi connectivity index (χ0n) is 43.7. The monoisotopic (exact) mass is 1030 g/mol. The van der Waals surface area contributed by atoms with Crippen LogP contribution in [0.4, 0.5) is 4.79 Å². The largest absolute Gasteiger partial charge is 0.462 e. The molecular weight excluding hydrogens is 940 g/mol. The number of nitrogens with one attached hydrogen (secondary N) is 2. The van der Waals surface area contributed by atoms with Gasteiger partial charge in [0.15, 0.2) is 0 Å². The van der Waals surface area contributed by atoms with E-state index in [1.165, 1.54) is 82.4 Å². The lowest BCUT2D eigenvalue weighted by Crippen LogP contribution is -2.53.